The van der Waals surface area contributed by atoms with E-state index in [9.17, 15) is 4.79 Å². The summed E-state index contributed by atoms with van der Waals surface area (Å²) in [5.41, 5.74) is 0.937. The molecule has 0 N–H and O–H groups in total. The van der Waals surface area contributed by atoms with Crippen LogP contribution in [0, 0.1) is 23.7 Å². The molecule has 0 aromatic rings. The molecule has 0 rings (SSSR count). The van der Waals surface area contributed by atoms with Gasteiger partial charge in [0.1, 0.15) is 0 Å². The first-order valence-electron chi connectivity index (χ1n) is 7.93. The minimum absolute atomic E-state index is 0.265. The molecule has 0 heterocycles. The second-order valence-corrected chi connectivity index (χ2v) is 5.61. The van der Waals surface area contributed by atoms with Crippen molar-refractivity contribution in [3.8, 4) is 11.8 Å². The highest BCUT2D eigenvalue weighted by Gasteiger charge is 2.02. The van der Waals surface area contributed by atoms with Crippen molar-refractivity contribution < 1.29 is 9.53 Å². The van der Waals surface area contributed by atoms with E-state index in [1.807, 2.05) is 26.8 Å². The van der Waals surface area contributed by atoms with Gasteiger partial charge in [-0.2, -0.15) is 0 Å². The molecule has 0 saturated heterocycles. The van der Waals surface area contributed by atoms with E-state index in [1.54, 1.807) is 0 Å². The summed E-state index contributed by atoms with van der Waals surface area (Å²) in [6.45, 7) is 10.5. The molecule has 0 amide bonds. The summed E-state index contributed by atoms with van der Waals surface area (Å²) in [7, 11) is 0. The summed E-state index contributed by atoms with van der Waals surface area (Å²) >= 11 is 0. The number of rotatable bonds is 9. The number of ether oxygens (including phenoxy) is 1. The Kier molecular flexibility index (Phi) is 11.4. The summed E-state index contributed by atoms with van der Waals surface area (Å²) in [6.07, 6.45) is 10.3. The molecular weight excluding hydrogens is 260 g/mol. The van der Waals surface area contributed by atoms with Crippen molar-refractivity contribution in [2.24, 2.45) is 11.8 Å². The van der Waals surface area contributed by atoms with Crippen LogP contribution in [0.25, 0.3) is 0 Å². The number of allylic oxidation sites excluding steroid dienone is 3. The van der Waals surface area contributed by atoms with E-state index in [2.05, 4.69) is 31.8 Å². The standard InChI is InChI=1S/C19H30O2/c1-6-10-16(3)11-8-12-17(4)13-9-14-18(5)15-19(20)21-7-2/h9,14-17H,7-8,11-13H2,1-5H3/b14-9+,18-15+. The molecule has 0 radical (unpaired) electrons. The summed E-state index contributed by atoms with van der Waals surface area (Å²) in [6, 6.07) is 0. The predicted molar refractivity (Wildman–Crippen MR) is 89.8 cm³/mol. The molecule has 118 valence electrons. The van der Waals surface area contributed by atoms with Gasteiger partial charge in [0.25, 0.3) is 0 Å². The molecule has 0 aromatic carbocycles. The summed E-state index contributed by atoms with van der Waals surface area (Å²) < 4.78 is 4.88. The number of carbonyl (C=O) groups excluding carboxylic acids is 1. The third kappa shape index (κ3) is 12.0. The van der Waals surface area contributed by atoms with Gasteiger partial charge in [0.15, 0.2) is 0 Å². The van der Waals surface area contributed by atoms with Crippen molar-refractivity contribution >= 4 is 5.97 Å². The predicted octanol–water partition coefficient (Wildman–Crippen LogP) is 4.91. The van der Waals surface area contributed by atoms with Crippen LogP contribution >= 0.6 is 0 Å². The Labute approximate surface area is 130 Å². The SMILES string of the molecule is CC#CC(C)CCCC(C)C/C=C/C(C)=C/C(=O)OCC. The highest BCUT2D eigenvalue weighted by Crippen LogP contribution is 2.16. The van der Waals surface area contributed by atoms with Gasteiger partial charge in [0, 0.05) is 12.0 Å². The minimum Gasteiger partial charge on any atom is -0.463 e. The fraction of sp³-hybridized carbons (Fsp3) is 0.632. The van der Waals surface area contributed by atoms with E-state index in [4.69, 9.17) is 4.74 Å². The zero-order chi connectivity index (χ0) is 16.1. The van der Waals surface area contributed by atoms with Crippen LogP contribution in [0.1, 0.15) is 60.3 Å². The van der Waals surface area contributed by atoms with Gasteiger partial charge in [-0.05, 0) is 45.1 Å². The maximum atomic E-state index is 11.3. The van der Waals surface area contributed by atoms with Crippen molar-refractivity contribution in [3.63, 3.8) is 0 Å². The van der Waals surface area contributed by atoms with Crippen molar-refractivity contribution in [1.82, 2.24) is 0 Å². The molecule has 0 bridgehead atoms. The van der Waals surface area contributed by atoms with Gasteiger partial charge < -0.3 is 4.74 Å². The van der Waals surface area contributed by atoms with Crippen molar-refractivity contribution in [2.45, 2.75) is 60.3 Å². The van der Waals surface area contributed by atoms with E-state index in [0.717, 1.165) is 12.0 Å². The highest BCUT2D eigenvalue weighted by molar-refractivity contribution is 5.83. The third-order valence-electron chi connectivity index (χ3n) is 3.28. The van der Waals surface area contributed by atoms with Crippen molar-refractivity contribution in [1.29, 1.82) is 0 Å². The molecule has 0 aromatic heterocycles. The fourth-order valence-electron chi connectivity index (χ4n) is 2.11. The van der Waals surface area contributed by atoms with Crippen LogP contribution in [0.3, 0.4) is 0 Å². The largest absolute Gasteiger partial charge is 0.463 e. The molecule has 0 fully saturated rings. The second-order valence-electron chi connectivity index (χ2n) is 5.61. The lowest BCUT2D eigenvalue weighted by molar-refractivity contribution is -0.137. The van der Waals surface area contributed by atoms with E-state index in [-0.39, 0.29) is 5.97 Å². The van der Waals surface area contributed by atoms with Crippen LogP contribution in [0.2, 0.25) is 0 Å². The van der Waals surface area contributed by atoms with Crippen LogP contribution in [-0.2, 0) is 9.53 Å². The molecule has 2 unspecified atom stereocenters. The number of hydrogen-bond donors (Lipinski definition) is 0. The Morgan fingerprint density at radius 3 is 2.62 bits per heavy atom. The van der Waals surface area contributed by atoms with Crippen LogP contribution in [0.5, 0.6) is 0 Å². The molecule has 0 saturated carbocycles. The molecule has 0 aliphatic heterocycles. The summed E-state index contributed by atoms with van der Waals surface area (Å²) in [5, 5.41) is 0. The van der Waals surface area contributed by atoms with E-state index in [1.165, 1.54) is 25.3 Å². The van der Waals surface area contributed by atoms with Crippen LogP contribution < -0.4 is 0 Å². The smallest absolute Gasteiger partial charge is 0.330 e. The van der Waals surface area contributed by atoms with Gasteiger partial charge in [-0.15, -0.1) is 11.8 Å². The fourth-order valence-corrected chi connectivity index (χ4v) is 2.11. The lowest BCUT2D eigenvalue weighted by Gasteiger charge is -2.09. The van der Waals surface area contributed by atoms with Gasteiger partial charge >= 0.3 is 5.97 Å². The average molecular weight is 290 g/mol. The number of esters is 1. The quantitative estimate of drug-likeness (QED) is 0.261. The van der Waals surface area contributed by atoms with Crippen LogP contribution in [0.4, 0.5) is 0 Å². The van der Waals surface area contributed by atoms with Crippen LogP contribution in [-0.4, -0.2) is 12.6 Å². The van der Waals surface area contributed by atoms with Crippen LogP contribution in [0.15, 0.2) is 23.8 Å². The zero-order valence-corrected chi connectivity index (χ0v) is 14.2. The molecule has 0 spiro atoms. The Bertz CT molecular complexity index is 407. The molecule has 0 aliphatic rings. The van der Waals surface area contributed by atoms with E-state index < -0.39 is 0 Å². The van der Waals surface area contributed by atoms with Gasteiger partial charge in [-0.25, -0.2) is 4.79 Å². The monoisotopic (exact) mass is 290 g/mol. The number of hydrogen-bond acceptors (Lipinski definition) is 2. The molecule has 0 aliphatic carbocycles. The second kappa shape index (κ2) is 12.3. The minimum atomic E-state index is -0.265. The van der Waals surface area contributed by atoms with E-state index in [0.29, 0.717) is 18.4 Å². The Balaban J connectivity index is 3.95. The van der Waals surface area contributed by atoms with Gasteiger partial charge in [-0.1, -0.05) is 38.8 Å². The van der Waals surface area contributed by atoms with Gasteiger partial charge in [0.2, 0.25) is 0 Å². The zero-order valence-electron chi connectivity index (χ0n) is 14.2. The Morgan fingerprint density at radius 2 is 2.00 bits per heavy atom. The molecule has 2 nitrogen and oxygen atoms in total. The van der Waals surface area contributed by atoms with Gasteiger partial charge in [0.05, 0.1) is 6.61 Å². The first-order chi connectivity index (χ1) is 9.99. The van der Waals surface area contributed by atoms with Crippen molar-refractivity contribution in [3.05, 3.63) is 23.8 Å². The lowest BCUT2D eigenvalue weighted by Crippen LogP contribution is -1.99. The maximum absolute atomic E-state index is 11.3. The molecule has 2 heteroatoms. The average Bonchev–Trinajstić information content (AvgIpc) is 2.39. The van der Waals surface area contributed by atoms with Gasteiger partial charge in [-0.3, -0.25) is 0 Å². The first-order valence-corrected chi connectivity index (χ1v) is 7.93. The van der Waals surface area contributed by atoms with Crippen molar-refractivity contribution in [2.75, 3.05) is 6.61 Å². The first kappa shape index (κ1) is 19.5. The topological polar surface area (TPSA) is 26.3 Å². The molecular formula is C19H30O2. The molecule has 2 atom stereocenters. The lowest BCUT2D eigenvalue weighted by atomic mass is 9.96. The normalized spacial score (nSPS) is 14.4. The Morgan fingerprint density at radius 1 is 1.29 bits per heavy atom. The van der Waals surface area contributed by atoms with E-state index >= 15 is 0 Å². The third-order valence-corrected chi connectivity index (χ3v) is 3.28. The summed E-state index contributed by atoms with van der Waals surface area (Å²) in [5.74, 6) is 7.07. The highest BCUT2D eigenvalue weighted by atomic mass is 16.5. The maximum Gasteiger partial charge on any atom is 0.330 e. The molecule has 21 heavy (non-hydrogen) atoms. The number of carbonyl (C=O) groups is 1. The summed E-state index contributed by atoms with van der Waals surface area (Å²) in [4.78, 5) is 11.3. The Hall–Kier alpha value is -1.49.